The molecule has 2 nitrogen and oxygen atoms in total. The molecule has 1 heterocycles. The predicted octanol–water partition coefficient (Wildman–Crippen LogP) is 1.48. The summed E-state index contributed by atoms with van der Waals surface area (Å²) in [5.41, 5.74) is 5.53. The summed E-state index contributed by atoms with van der Waals surface area (Å²) >= 11 is 4.79. The van der Waals surface area contributed by atoms with Crippen LogP contribution in [-0.4, -0.2) is 9.42 Å². The van der Waals surface area contributed by atoms with E-state index in [1.807, 2.05) is 11.6 Å². The Morgan fingerprint density at radius 2 is 2.38 bits per heavy atom. The first-order valence-corrected chi connectivity index (χ1v) is 3.48. The predicted molar refractivity (Wildman–Crippen MR) is 42.7 cm³/mol. The van der Waals surface area contributed by atoms with E-state index in [4.69, 9.17) is 5.73 Å². The third-order valence-electron chi connectivity index (χ3n) is 0.664. The number of rotatable bonds is 0. The first-order chi connectivity index (χ1) is 3.30. The fourth-order valence-corrected chi connectivity index (χ4v) is 1.43. The van der Waals surface area contributed by atoms with E-state index in [1.54, 1.807) is 15.7 Å². The second-order valence-corrected chi connectivity index (χ2v) is 3.00. The van der Waals surface area contributed by atoms with Crippen LogP contribution in [0.15, 0.2) is 11.6 Å². The SMILES string of the molecule is Cl.NC1SC=CN1Br. The Hall–Kier alpha value is 0.620. The third-order valence-corrected chi connectivity index (χ3v) is 2.40. The van der Waals surface area contributed by atoms with Crippen LogP contribution < -0.4 is 5.73 Å². The van der Waals surface area contributed by atoms with E-state index in [1.165, 1.54) is 0 Å². The third kappa shape index (κ3) is 1.85. The molecule has 0 amide bonds. The molecule has 0 aromatic rings. The monoisotopic (exact) mass is 216 g/mol. The zero-order valence-electron chi connectivity index (χ0n) is 3.95. The molecule has 0 aliphatic carbocycles. The quantitative estimate of drug-likeness (QED) is 0.623. The molecule has 1 aliphatic heterocycles. The normalized spacial score (nSPS) is 25.8. The maximum absolute atomic E-state index is 5.46. The van der Waals surface area contributed by atoms with Crippen molar-refractivity contribution >= 4 is 40.3 Å². The molecular weight excluding hydrogens is 211 g/mol. The lowest BCUT2D eigenvalue weighted by molar-refractivity contribution is 0.626. The summed E-state index contributed by atoms with van der Waals surface area (Å²) in [7, 11) is 0. The molecular formula is C3H6BrClN2S. The Bertz CT molecular complexity index is 99.3. The Labute approximate surface area is 67.2 Å². The van der Waals surface area contributed by atoms with Crippen LogP contribution in [0.1, 0.15) is 0 Å². The second-order valence-electron chi connectivity index (χ2n) is 1.16. The smallest absolute Gasteiger partial charge is 0.139 e. The van der Waals surface area contributed by atoms with Crippen molar-refractivity contribution in [2.75, 3.05) is 0 Å². The molecule has 0 aromatic carbocycles. The Morgan fingerprint density at radius 3 is 2.50 bits per heavy atom. The first kappa shape index (κ1) is 8.62. The minimum absolute atomic E-state index is 0. The van der Waals surface area contributed by atoms with Gasteiger partial charge in [0, 0.05) is 6.20 Å². The second kappa shape index (κ2) is 3.61. The molecule has 1 atom stereocenters. The van der Waals surface area contributed by atoms with Gasteiger partial charge in [0.05, 0.1) is 16.1 Å². The van der Waals surface area contributed by atoms with Crippen LogP contribution in [0.4, 0.5) is 0 Å². The van der Waals surface area contributed by atoms with Crippen LogP contribution in [0.5, 0.6) is 0 Å². The minimum atomic E-state index is 0. The molecule has 0 bridgehead atoms. The van der Waals surface area contributed by atoms with Gasteiger partial charge in [0.25, 0.3) is 0 Å². The lowest BCUT2D eigenvalue weighted by Crippen LogP contribution is -2.23. The number of thioether (sulfide) groups is 1. The number of nitrogens with zero attached hydrogens (tertiary/aromatic N) is 1. The number of nitrogens with two attached hydrogens (primary N) is 1. The lowest BCUT2D eigenvalue weighted by Gasteiger charge is -2.09. The van der Waals surface area contributed by atoms with Crippen molar-refractivity contribution in [3.8, 4) is 0 Å². The van der Waals surface area contributed by atoms with E-state index >= 15 is 0 Å². The van der Waals surface area contributed by atoms with Crippen LogP contribution in [0, 0.1) is 0 Å². The van der Waals surface area contributed by atoms with Gasteiger partial charge < -0.3 is 5.73 Å². The molecule has 1 rings (SSSR count). The molecule has 1 unspecified atom stereocenters. The van der Waals surface area contributed by atoms with Gasteiger partial charge in [0.2, 0.25) is 0 Å². The molecule has 0 fully saturated rings. The lowest BCUT2D eigenvalue weighted by atomic mass is 10.9. The zero-order valence-corrected chi connectivity index (χ0v) is 7.17. The molecule has 0 saturated carbocycles. The highest BCUT2D eigenvalue weighted by atomic mass is 79.9. The van der Waals surface area contributed by atoms with Crippen molar-refractivity contribution in [1.29, 1.82) is 0 Å². The molecule has 0 aromatic heterocycles. The van der Waals surface area contributed by atoms with Crippen molar-refractivity contribution in [1.82, 2.24) is 3.93 Å². The number of hydrogen-bond donors (Lipinski definition) is 1. The number of hydrogen-bond acceptors (Lipinski definition) is 3. The van der Waals surface area contributed by atoms with Crippen LogP contribution in [0.3, 0.4) is 0 Å². The Balaban J connectivity index is 0.000000490. The van der Waals surface area contributed by atoms with Crippen molar-refractivity contribution in [2.24, 2.45) is 5.73 Å². The number of halogens is 2. The fraction of sp³-hybridized carbons (Fsp3) is 0.333. The summed E-state index contributed by atoms with van der Waals surface area (Å²) in [4.78, 5) is 0. The maximum Gasteiger partial charge on any atom is 0.139 e. The average Bonchev–Trinajstić information content (AvgIpc) is 1.91. The average molecular weight is 218 g/mol. The highest BCUT2D eigenvalue weighted by Crippen LogP contribution is 2.22. The molecule has 0 radical (unpaired) electrons. The molecule has 0 spiro atoms. The fourth-order valence-electron chi connectivity index (χ4n) is 0.317. The summed E-state index contributed by atoms with van der Waals surface area (Å²) in [6.45, 7) is 0. The van der Waals surface area contributed by atoms with Gasteiger partial charge in [0.15, 0.2) is 0 Å². The Morgan fingerprint density at radius 1 is 1.75 bits per heavy atom. The van der Waals surface area contributed by atoms with E-state index in [0.717, 1.165) is 0 Å². The van der Waals surface area contributed by atoms with Gasteiger partial charge in [0.1, 0.15) is 5.50 Å². The van der Waals surface area contributed by atoms with E-state index < -0.39 is 0 Å². The zero-order chi connectivity index (χ0) is 5.28. The van der Waals surface area contributed by atoms with E-state index in [-0.39, 0.29) is 17.9 Å². The molecule has 0 saturated heterocycles. The summed E-state index contributed by atoms with van der Waals surface area (Å²) in [6.07, 6.45) is 1.88. The highest BCUT2D eigenvalue weighted by Gasteiger charge is 2.10. The van der Waals surface area contributed by atoms with Gasteiger partial charge in [-0.1, -0.05) is 11.8 Å². The van der Waals surface area contributed by atoms with Crippen molar-refractivity contribution < 1.29 is 0 Å². The van der Waals surface area contributed by atoms with Crippen molar-refractivity contribution in [3.05, 3.63) is 11.6 Å². The van der Waals surface area contributed by atoms with E-state index in [9.17, 15) is 0 Å². The highest BCUT2D eigenvalue weighted by molar-refractivity contribution is 9.07. The van der Waals surface area contributed by atoms with E-state index in [2.05, 4.69) is 16.1 Å². The van der Waals surface area contributed by atoms with Gasteiger partial charge in [-0.2, -0.15) is 0 Å². The van der Waals surface area contributed by atoms with Crippen LogP contribution in [0.2, 0.25) is 0 Å². The topological polar surface area (TPSA) is 29.3 Å². The maximum atomic E-state index is 5.46. The van der Waals surface area contributed by atoms with Crippen LogP contribution >= 0.6 is 40.3 Å². The largest absolute Gasteiger partial charge is 0.302 e. The molecule has 48 valence electrons. The minimum Gasteiger partial charge on any atom is -0.302 e. The Kier molecular flexibility index (Phi) is 3.89. The summed E-state index contributed by atoms with van der Waals surface area (Å²) in [5, 5.41) is 1.94. The summed E-state index contributed by atoms with van der Waals surface area (Å²) < 4.78 is 1.78. The van der Waals surface area contributed by atoms with Crippen molar-refractivity contribution in [3.63, 3.8) is 0 Å². The van der Waals surface area contributed by atoms with Gasteiger partial charge >= 0.3 is 0 Å². The van der Waals surface area contributed by atoms with Gasteiger partial charge in [-0.25, -0.2) is 0 Å². The van der Waals surface area contributed by atoms with Crippen molar-refractivity contribution in [2.45, 2.75) is 5.50 Å². The summed E-state index contributed by atoms with van der Waals surface area (Å²) in [6, 6.07) is 0. The molecule has 5 heteroatoms. The van der Waals surface area contributed by atoms with Crippen LogP contribution in [0.25, 0.3) is 0 Å². The molecule has 1 aliphatic rings. The van der Waals surface area contributed by atoms with Gasteiger partial charge in [-0.15, -0.1) is 12.4 Å². The van der Waals surface area contributed by atoms with Gasteiger partial charge in [-0.3, -0.25) is 3.93 Å². The van der Waals surface area contributed by atoms with Gasteiger partial charge in [-0.05, 0) is 5.41 Å². The molecule has 8 heavy (non-hydrogen) atoms. The standard InChI is InChI=1S/C3H5BrN2S.ClH/c4-6-1-2-7-3(6)5;/h1-3H,5H2;1H. The van der Waals surface area contributed by atoms with E-state index in [0.29, 0.717) is 0 Å². The first-order valence-electron chi connectivity index (χ1n) is 1.82. The van der Waals surface area contributed by atoms with Crippen LogP contribution in [-0.2, 0) is 0 Å². The molecule has 2 N–H and O–H groups in total. The summed E-state index contributed by atoms with van der Waals surface area (Å²) in [5.74, 6) is 0.